The van der Waals surface area contributed by atoms with Crippen molar-refractivity contribution in [3.63, 3.8) is 0 Å². The minimum Gasteiger partial charge on any atom is -0.317 e. The van der Waals surface area contributed by atoms with Crippen molar-refractivity contribution >= 4 is 15.6 Å². The van der Waals surface area contributed by atoms with Gasteiger partial charge >= 0.3 is 0 Å². The number of hydrogen-bond acceptors (Lipinski definition) is 4. The van der Waals surface area contributed by atoms with Crippen LogP contribution in [0.2, 0.25) is 0 Å². The number of Topliss-reactive ketones (excluding diaryl/α,β-unsaturated/α-hetero) is 1. The average molecular weight is 261 g/mol. The lowest BCUT2D eigenvalue weighted by Gasteiger charge is -2.32. The van der Waals surface area contributed by atoms with Crippen LogP contribution in [0.25, 0.3) is 0 Å². The largest absolute Gasteiger partial charge is 0.317 e. The molecule has 4 nitrogen and oxygen atoms in total. The summed E-state index contributed by atoms with van der Waals surface area (Å²) in [6.45, 7) is 6.97. The Morgan fingerprint density at radius 2 is 1.82 bits per heavy atom. The van der Waals surface area contributed by atoms with Crippen molar-refractivity contribution in [1.82, 2.24) is 5.32 Å². The van der Waals surface area contributed by atoms with Crippen LogP contribution in [0.5, 0.6) is 0 Å². The van der Waals surface area contributed by atoms with Crippen molar-refractivity contribution in [3.05, 3.63) is 0 Å². The summed E-state index contributed by atoms with van der Waals surface area (Å²) in [7, 11) is -3.10. The Morgan fingerprint density at radius 3 is 2.29 bits per heavy atom. The summed E-state index contributed by atoms with van der Waals surface area (Å²) in [6, 6.07) is 0. The quantitative estimate of drug-likeness (QED) is 0.806. The predicted octanol–water partition coefficient (Wildman–Crippen LogP) is 1.16. The molecule has 5 heteroatoms. The zero-order valence-corrected chi connectivity index (χ0v) is 11.8. The molecule has 0 aromatic rings. The smallest absolute Gasteiger partial charge is 0.153 e. The number of nitrogens with one attached hydrogen (secondary N) is 1. The van der Waals surface area contributed by atoms with Crippen LogP contribution in [-0.2, 0) is 14.6 Å². The predicted molar refractivity (Wildman–Crippen MR) is 68.8 cm³/mol. The van der Waals surface area contributed by atoms with E-state index >= 15 is 0 Å². The van der Waals surface area contributed by atoms with Gasteiger partial charge in [-0.2, -0.15) is 0 Å². The molecule has 1 heterocycles. The first-order valence-electron chi connectivity index (χ1n) is 6.23. The third kappa shape index (κ3) is 3.78. The van der Waals surface area contributed by atoms with Gasteiger partial charge < -0.3 is 5.32 Å². The van der Waals surface area contributed by atoms with E-state index in [1.165, 1.54) is 0 Å². The van der Waals surface area contributed by atoms with Gasteiger partial charge in [-0.25, -0.2) is 8.42 Å². The average Bonchev–Trinajstić information content (AvgIpc) is 2.26. The molecule has 0 aromatic heterocycles. The summed E-state index contributed by atoms with van der Waals surface area (Å²) in [5, 5.41) is 2.82. The second-order valence-electron chi connectivity index (χ2n) is 5.40. The Hall–Kier alpha value is -0.420. The Morgan fingerprint density at radius 1 is 1.29 bits per heavy atom. The lowest BCUT2D eigenvalue weighted by atomic mass is 9.76. The Bertz CT molecular complexity index is 367. The number of carbonyl (C=O) groups is 1. The first-order valence-corrected chi connectivity index (χ1v) is 7.95. The molecule has 1 aliphatic heterocycles. The molecule has 1 rings (SSSR count). The van der Waals surface area contributed by atoms with E-state index in [0.717, 1.165) is 25.9 Å². The number of carbonyl (C=O) groups excluding carboxylic acids is 1. The highest BCUT2D eigenvalue weighted by Gasteiger charge is 2.34. The molecule has 0 aromatic carbocycles. The summed E-state index contributed by atoms with van der Waals surface area (Å²) in [4.78, 5) is 12.1. The molecular formula is C12H23NO3S. The number of hydrogen-bond donors (Lipinski definition) is 1. The highest BCUT2D eigenvalue weighted by atomic mass is 32.2. The first kappa shape index (κ1) is 14.6. The van der Waals surface area contributed by atoms with Gasteiger partial charge in [0.2, 0.25) is 0 Å². The van der Waals surface area contributed by atoms with E-state index in [2.05, 4.69) is 5.32 Å². The molecule has 0 amide bonds. The minimum atomic E-state index is -3.10. The molecule has 1 saturated heterocycles. The van der Waals surface area contributed by atoms with E-state index < -0.39 is 15.1 Å². The maximum Gasteiger partial charge on any atom is 0.153 e. The highest BCUT2D eigenvalue weighted by molar-refractivity contribution is 7.91. The van der Waals surface area contributed by atoms with Crippen LogP contribution in [0.3, 0.4) is 0 Å². The maximum absolute atomic E-state index is 12.1. The zero-order valence-electron chi connectivity index (χ0n) is 11.0. The van der Waals surface area contributed by atoms with Gasteiger partial charge in [0, 0.05) is 11.8 Å². The van der Waals surface area contributed by atoms with Gasteiger partial charge in [-0.15, -0.1) is 0 Å². The summed E-state index contributed by atoms with van der Waals surface area (Å²) < 4.78 is 23.3. The molecule has 0 saturated carbocycles. The minimum absolute atomic E-state index is 0.00742. The fraction of sp³-hybridized carbons (Fsp3) is 0.917. The van der Waals surface area contributed by atoms with Crippen molar-refractivity contribution in [1.29, 1.82) is 0 Å². The van der Waals surface area contributed by atoms with Crippen LogP contribution in [0.15, 0.2) is 0 Å². The normalized spacial score (nSPS) is 20.5. The number of sulfone groups is 1. The summed E-state index contributed by atoms with van der Waals surface area (Å²) in [6.07, 6.45) is 1.79. The van der Waals surface area contributed by atoms with Crippen LogP contribution in [0.1, 0.15) is 40.0 Å². The van der Waals surface area contributed by atoms with E-state index in [-0.39, 0.29) is 23.4 Å². The molecule has 0 bridgehead atoms. The van der Waals surface area contributed by atoms with Crippen molar-refractivity contribution < 1.29 is 13.2 Å². The zero-order chi connectivity index (χ0) is 13.1. The van der Waals surface area contributed by atoms with Gasteiger partial charge in [0.05, 0.1) is 11.0 Å². The molecule has 0 atom stereocenters. The van der Waals surface area contributed by atoms with Crippen molar-refractivity contribution in [2.45, 2.75) is 45.3 Å². The van der Waals surface area contributed by atoms with Gasteiger partial charge in [-0.1, -0.05) is 6.92 Å². The SMILES string of the molecule is CC(C)S(=O)(=O)CCC(=O)C1(C)CCNCC1. The van der Waals surface area contributed by atoms with E-state index in [4.69, 9.17) is 0 Å². The van der Waals surface area contributed by atoms with E-state index in [1.807, 2.05) is 6.92 Å². The molecule has 17 heavy (non-hydrogen) atoms. The van der Waals surface area contributed by atoms with Gasteiger partial charge in [-0.3, -0.25) is 4.79 Å². The lowest BCUT2D eigenvalue weighted by molar-refractivity contribution is -0.128. The summed E-state index contributed by atoms with van der Waals surface area (Å²) in [5.41, 5.74) is -0.322. The molecule has 0 radical (unpaired) electrons. The molecule has 0 spiro atoms. The number of ketones is 1. The van der Waals surface area contributed by atoms with Crippen LogP contribution in [0.4, 0.5) is 0 Å². The van der Waals surface area contributed by atoms with Crippen LogP contribution < -0.4 is 5.32 Å². The second-order valence-corrected chi connectivity index (χ2v) is 8.08. The number of piperidine rings is 1. The molecule has 100 valence electrons. The van der Waals surface area contributed by atoms with Crippen LogP contribution in [-0.4, -0.2) is 38.3 Å². The monoisotopic (exact) mass is 261 g/mol. The summed E-state index contributed by atoms with van der Waals surface area (Å²) in [5.74, 6) is 0.0928. The molecule has 0 aliphatic carbocycles. The van der Waals surface area contributed by atoms with Crippen molar-refractivity contribution in [3.8, 4) is 0 Å². The van der Waals surface area contributed by atoms with Gasteiger partial charge in [0.25, 0.3) is 0 Å². The fourth-order valence-electron chi connectivity index (χ4n) is 2.03. The van der Waals surface area contributed by atoms with Gasteiger partial charge in [0.15, 0.2) is 9.84 Å². The van der Waals surface area contributed by atoms with E-state index in [9.17, 15) is 13.2 Å². The topological polar surface area (TPSA) is 63.2 Å². The van der Waals surface area contributed by atoms with E-state index in [0.29, 0.717) is 0 Å². The van der Waals surface area contributed by atoms with Crippen molar-refractivity contribution in [2.24, 2.45) is 5.41 Å². The maximum atomic E-state index is 12.1. The lowest BCUT2D eigenvalue weighted by Crippen LogP contribution is -2.40. The van der Waals surface area contributed by atoms with Crippen LogP contribution in [0, 0.1) is 5.41 Å². The molecule has 1 fully saturated rings. The third-order valence-corrected chi connectivity index (χ3v) is 5.92. The fourth-order valence-corrected chi connectivity index (χ4v) is 2.97. The standard InChI is InChI=1S/C12H23NO3S/c1-10(2)17(15,16)9-4-11(14)12(3)5-7-13-8-6-12/h10,13H,4-9H2,1-3H3. The Labute approximate surface area is 104 Å². The van der Waals surface area contributed by atoms with Crippen LogP contribution >= 0.6 is 0 Å². The van der Waals surface area contributed by atoms with Crippen molar-refractivity contribution in [2.75, 3.05) is 18.8 Å². The number of rotatable bonds is 5. The molecule has 1 aliphatic rings. The third-order valence-electron chi connectivity index (χ3n) is 3.71. The van der Waals surface area contributed by atoms with E-state index in [1.54, 1.807) is 13.8 Å². The van der Waals surface area contributed by atoms with Gasteiger partial charge in [0.1, 0.15) is 5.78 Å². The van der Waals surface area contributed by atoms with Gasteiger partial charge in [-0.05, 0) is 39.8 Å². The molecule has 1 N–H and O–H groups in total. The first-order chi connectivity index (χ1) is 7.78. The Balaban J connectivity index is 2.55. The second kappa shape index (κ2) is 5.48. The highest BCUT2D eigenvalue weighted by Crippen LogP contribution is 2.30. The molecule has 0 unspecified atom stereocenters. The summed E-state index contributed by atoms with van der Waals surface area (Å²) >= 11 is 0. The Kier molecular flexibility index (Phi) is 4.72. The molecular weight excluding hydrogens is 238 g/mol.